The summed E-state index contributed by atoms with van der Waals surface area (Å²) in [6.07, 6.45) is 1.97. The molecule has 1 aromatic rings. The molecule has 1 unspecified atom stereocenters. The standard InChI is InChI=1S/C12H14Cl2N2O/c13-10-4-3-9(6-11(10)14)16-12(17)8-2-1-5-15-7-8/h3-4,6,8,15H,1-2,5,7H2,(H,16,17). The molecule has 1 aliphatic heterocycles. The van der Waals surface area contributed by atoms with Crippen LogP contribution >= 0.6 is 23.2 Å². The van der Waals surface area contributed by atoms with Crippen LogP contribution in [0.2, 0.25) is 10.0 Å². The van der Waals surface area contributed by atoms with E-state index < -0.39 is 0 Å². The summed E-state index contributed by atoms with van der Waals surface area (Å²) in [7, 11) is 0. The lowest BCUT2D eigenvalue weighted by Gasteiger charge is -2.21. The number of carbonyl (C=O) groups excluding carboxylic acids is 1. The molecule has 1 heterocycles. The Balaban J connectivity index is 1.99. The Bertz CT molecular complexity index is 417. The third kappa shape index (κ3) is 3.35. The summed E-state index contributed by atoms with van der Waals surface area (Å²) in [6, 6.07) is 5.10. The molecule has 2 rings (SSSR count). The summed E-state index contributed by atoms with van der Waals surface area (Å²) >= 11 is 11.7. The van der Waals surface area contributed by atoms with Gasteiger partial charge in [-0.25, -0.2) is 0 Å². The number of rotatable bonds is 2. The zero-order chi connectivity index (χ0) is 12.3. The number of carbonyl (C=O) groups is 1. The van der Waals surface area contributed by atoms with E-state index in [4.69, 9.17) is 23.2 Å². The summed E-state index contributed by atoms with van der Waals surface area (Å²) in [6.45, 7) is 1.74. The largest absolute Gasteiger partial charge is 0.326 e. The van der Waals surface area contributed by atoms with Gasteiger partial charge in [0.25, 0.3) is 0 Å². The van der Waals surface area contributed by atoms with Gasteiger partial charge in [0.2, 0.25) is 5.91 Å². The van der Waals surface area contributed by atoms with Crippen molar-refractivity contribution in [3.05, 3.63) is 28.2 Å². The normalized spacial score (nSPS) is 20.0. The molecule has 2 N–H and O–H groups in total. The topological polar surface area (TPSA) is 41.1 Å². The molecule has 0 saturated carbocycles. The molecule has 17 heavy (non-hydrogen) atoms. The zero-order valence-electron chi connectivity index (χ0n) is 9.30. The number of halogens is 2. The van der Waals surface area contributed by atoms with Gasteiger partial charge in [-0.3, -0.25) is 4.79 Å². The molecule has 1 amide bonds. The van der Waals surface area contributed by atoms with E-state index in [-0.39, 0.29) is 11.8 Å². The summed E-state index contributed by atoms with van der Waals surface area (Å²) < 4.78 is 0. The van der Waals surface area contributed by atoms with Crippen LogP contribution in [-0.4, -0.2) is 19.0 Å². The van der Waals surface area contributed by atoms with Crippen LogP contribution in [0.25, 0.3) is 0 Å². The van der Waals surface area contributed by atoms with Crippen molar-refractivity contribution in [2.75, 3.05) is 18.4 Å². The van der Waals surface area contributed by atoms with Gasteiger partial charge in [0, 0.05) is 12.2 Å². The summed E-state index contributed by atoms with van der Waals surface area (Å²) in [5.74, 6) is 0.0776. The van der Waals surface area contributed by atoms with E-state index in [1.807, 2.05) is 0 Å². The second-order valence-electron chi connectivity index (χ2n) is 4.16. The molecule has 1 aromatic carbocycles. The van der Waals surface area contributed by atoms with Crippen LogP contribution in [0.5, 0.6) is 0 Å². The van der Waals surface area contributed by atoms with Gasteiger partial charge in [-0.15, -0.1) is 0 Å². The van der Waals surface area contributed by atoms with E-state index in [9.17, 15) is 4.79 Å². The molecule has 1 atom stereocenters. The average molecular weight is 273 g/mol. The number of nitrogens with one attached hydrogen (secondary N) is 2. The van der Waals surface area contributed by atoms with Crippen LogP contribution in [0.4, 0.5) is 5.69 Å². The van der Waals surface area contributed by atoms with Crippen LogP contribution in [0.3, 0.4) is 0 Å². The first-order chi connectivity index (χ1) is 8.16. The summed E-state index contributed by atoms with van der Waals surface area (Å²) in [4.78, 5) is 11.9. The average Bonchev–Trinajstić information content (AvgIpc) is 2.35. The Labute approximate surface area is 110 Å². The molecule has 5 heteroatoms. The third-order valence-corrected chi connectivity index (χ3v) is 3.59. The van der Waals surface area contributed by atoms with Crippen molar-refractivity contribution in [3.8, 4) is 0 Å². The van der Waals surface area contributed by atoms with E-state index in [2.05, 4.69) is 10.6 Å². The first kappa shape index (κ1) is 12.7. The maximum Gasteiger partial charge on any atom is 0.228 e. The van der Waals surface area contributed by atoms with Crippen molar-refractivity contribution in [2.45, 2.75) is 12.8 Å². The number of piperidine rings is 1. The molecule has 0 spiro atoms. The summed E-state index contributed by atoms with van der Waals surface area (Å²) in [5, 5.41) is 7.01. The van der Waals surface area contributed by atoms with Crippen molar-refractivity contribution in [2.24, 2.45) is 5.92 Å². The van der Waals surface area contributed by atoms with E-state index in [0.717, 1.165) is 25.9 Å². The van der Waals surface area contributed by atoms with Crippen LogP contribution in [0, 0.1) is 5.92 Å². The quantitative estimate of drug-likeness (QED) is 0.869. The third-order valence-electron chi connectivity index (χ3n) is 2.85. The number of amides is 1. The van der Waals surface area contributed by atoms with E-state index in [1.165, 1.54) is 0 Å². The van der Waals surface area contributed by atoms with Gasteiger partial charge in [0.15, 0.2) is 0 Å². The Kier molecular flexibility index (Phi) is 4.26. The molecule has 1 fully saturated rings. The molecule has 1 aliphatic rings. The van der Waals surface area contributed by atoms with Gasteiger partial charge < -0.3 is 10.6 Å². The minimum absolute atomic E-state index is 0.0376. The number of benzene rings is 1. The van der Waals surface area contributed by atoms with E-state index in [1.54, 1.807) is 18.2 Å². The number of hydrogen-bond acceptors (Lipinski definition) is 2. The SMILES string of the molecule is O=C(Nc1ccc(Cl)c(Cl)c1)C1CCCNC1. The fraction of sp³-hybridized carbons (Fsp3) is 0.417. The maximum absolute atomic E-state index is 11.9. The highest BCUT2D eigenvalue weighted by Crippen LogP contribution is 2.25. The van der Waals surface area contributed by atoms with Crippen molar-refractivity contribution in [1.82, 2.24) is 5.32 Å². The summed E-state index contributed by atoms with van der Waals surface area (Å²) in [5.41, 5.74) is 0.690. The maximum atomic E-state index is 11.9. The molecule has 3 nitrogen and oxygen atoms in total. The smallest absolute Gasteiger partial charge is 0.228 e. The zero-order valence-corrected chi connectivity index (χ0v) is 10.8. The Morgan fingerprint density at radius 2 is 2.18 bits per heavy atom. The monoisotopic (exact) mass is 272 g/mol. The minimum Gasteiger partial charge on any atom is -0.326 e. The minimum atomic E-state index is 0.0376. The van der Waals surface area contributed by atoms with Crippen molar-refractivity contribution in [1.29, 1.82) is 0 Å². The molecule has 0 bridgehead atoms. The molecular formula is C12H14Cl2N2O. The van der Waals surface area contributed by atoms with Gasteiger partial charge in [-0.05, 0) is 37.6 Å². The van der Waals surface area contributed by atoms with Crippen molar-refractivity contribution >= 4 is 34.8 Å². The first-order valence-corrected chi connectivity index (χ1v) is 6.39. The Morgan fingerprint density at radius 3 is 2.82 bits per heavy atom. The van der Waals surface area contributed by atoms with E-state index in [0.29, 0.717) is 15.7 Å². The number of anilines is 1. The van der Waals surface area contributed by atoms with Crippen LogP contribution in [0.1, 0.15) is 12.8 Å². The van der Waals surface area contributed by atoms with Crippen LogP contribution in [0.15, 0.2) is 18.2 Å². The highest BCUT2D eigenvalue weighted by molar-refractivity contribution is 6.42. The first-order valence-electron chi connectivity index (χ1n) is 5.63. The molecule has 1 saturated heterocycles. The lowest BCUT2D eigenvalue weighted by Crippen LogP contribution is -2.37. The molecule has 92 valence electrons. The fourth-order valence-corrected chi connectivity index (χ4v) is 2.19. The van der Waals surface area contributed by atoms with Gasteiger partial charge in [-0.2, -0.15) is 0 Å². The lowest BCUT2D eigenvalue weighted by molar-refractivity contribution is -0.120. The second-order valence-corrected chi connectivity index (χ2v) is 4.98. The number of hydrogen-bond donors (Lipinski definition) is 2. The Morgan fingerprint density at radius 1 is 1.35 bits per heavy atom. The van der Waals surface area contributed by atoms with Crippen LogP contribution < -0.4 is 10.6 Å². The molecule has 0 radical (unpaired) electrons. The van der Waals surface area contributed by atoms with Gasteiger partial charge in [0.1, 0.15) is 0 Å². The van der Waals surface area contributed by atoms with Crippen LogP contribution in [-0.2, 0) is 4.79 Å². The van der Waals surface area contributed by atoms with Gasteiger partial charge in [0.05, 0.1) is 16.0 Å². The second kappa shape index (κ2) is 5.71. The fourth-order valence-electron chi connectivity index (χ4n) is 1.89. The molecule has 0 aliphatic carbocycles. The lowest BCUT2D eigenvalue weighted by atomic mass is 9.99. The van der Waals surface area contributed by atoms with E-state index >= 15 is 0 Å². The van der Waals surface area contributed by atoms with Gasteiger partial charge in [-0.1, -0.05) is 23.2 Å². The Hall–Kier alpha value is -0.770. The predicted octanol–water partition coefficient (Wildman–Crippen LogP) is 2.93. The van der Waals surface area contributed by atoms with Crippen molar-refractivity contribution in [3.63, 3.8) is 0 Å². The van der Waals surface area contributed by atoms with Crippen molar-refractivity contribution < 1.29 is 4.79 Å². The molecular weight excluding hydrogens is 259 g/mol. The molecule has 0 aromatic heterocycles. The predicted molar refractivity (Wildman–Crippen MR) is 70.7 cm³/mol. The van der Waals surface area contributed by atoms with Gasteiger partial charge >= 0.3 is 0 Å². The highest BCUT2D eigenvalue weighted by atomic mass is 35.5. The highest BCUT2D eigenvalue weighted by Gasteiger charge is 2.20.